The highest BCUT2D eigenvalue weighted by molar-refractivity contribution is 6.30. The molecule has 1 atom stereocenters. The van der Waals surface area contributed by atoms with Gasteiger partial charge < -0.3 is 10.4 Å². The van der Waals surface area contributed by atoms with E-state index in [1.807, 2.05) is 32.0 Å². The Morgan fingerprint density at radius 2 is 1.71 bits per heavy atom. The Hall–Kier alpha value is -1.84. The maximum absolute atomic E-state index is 12.1. The van der Waals surface area contributed by atoms with Gasteiger partial charge in [0.05, 0.1) is 12.5 Å². The van der Waals surface area contributed by atoms with Crippen LogP contribution in [-0.2, 0) is 4.79 Å². The summed E-state index contributed by atoms with van der Waals surface area (Å²) in [6.45, 7) is 3.89. The van der Waals surface area contributed by atoms with Crippen LogP contribution < -0.4 is 5.32 Å². The lowest BCUT2D eigenvalue weighted by Crippen LogP contribution is -2.16. The van der Waals surface area contributed by atoms with Gasteiger partial charge in [0.1, 0.15) is 0 Å². The summed E-state index contributed by atoms with van der Waals surface area (Å²) in [7, 11) is 0. The van der Waals surface area contributed by atoms with Crippen LogP contribution in [0.2, 0.25) is 5.02 Å². The molecule has 0 saturated heterocycles. The molecule has 2 N–H and O–H groups in total. The zero-order chi connectivity index (χ0) is 15.4. The minimum Gasteiger partial charge on any atom is -0.388 e. The molecule has 0 fully saturated rings. The first-order valence-corrected chi connectivity index (χ1v) is 7.15. The van der Waals surface area contributed by atoms with E-state index in [1.54, 1.807) is 24.3 Å². The summed E-state index contributed by atoms with van der Waals surface area (Å²) in [5.41, 5.74) is 3.50. The zero-order valence-electron chi connectivity index (χ0n) is 12.1. The molecule has 21 heavy (non-hydrogen) atoms. The number of carbonyl (C=O) groups is 1. The van der Waals surface area contributed by atoms with E-state index in [9.17, 15) is 9.90 Å². The van der Waals surface area contributed by atoms with Gasteiger partial charge in [0, 0.05) is 10.7 Å². The Labute approximate surface area is 129 Å². The molecule has 110 valence electrons. The molecule has 1 amide bonds. The summed E-state index contributed by atoms with van der Waals surface area (Å²) in [4.78, 5) is 12.1. The van der Waals surface area contributed by atoms with E-state index >= 15 is 0 Å². The van der Waals surface area contributed by atoms with Gasteiger partial charge in [0.2, 0.25) is 5.91 Å². The van der Waals surface area contributed by atoms with Crippen LogP contribution in [0.4, 0.5) is 5.69 Å². The third-order valence-electron chi connectivity index (χ3n) is 3.38. The molecule has 0 radical (unpaired) electrons. The van der Waals surface area contributed by atoms with Crippen LogP contribution >= 0.6 is 11.6 Å². The number of amides is 1. The number of aliphatic hydroxyl groups excluding tert-OH is 1. The first-order valence-electron chi connectivity index (χ1n) is 6.77. The number of benzene rings is 2. The van der Waals surface area contributed by atoms with Gasteiger partial charge in [-0.05, 0) is 42.7 Å². The third kappa shape index (κ3) is 4.06. The fourth-order valence-corrected chi connectivity index (χ4v) is 2.31. The smallest absolute Gasteiger partial charge is 0.227 e. The molecule has 0 saturated carbocycles. The third-order valence-corrected chi connectivity index (χ3v) is 3.63. The average molecular weight is 304 g/mol. The number of hydrogen-bond donors (Lipinski definition) is 2. The van der Waals surface area contributed by atoms with Crippen molar-refractivity contribution >= 4 is 23.2 Å². The second-order valence-corrected chi connectivity index (χ2v) is 5.52. The summed E-state index contributed by atoms with van der Waals surface area (Å²) >= 11 is 5.80. The van der Waals surface area contributed by atoms with Gasteiger partial charge in [-0.1, -0.05) is 41.9 Å². The van der Waals surface area contributed by atoms with Crippen molar-refractivity contribution in [2.45, 2.75) is 26.4 Å². The highest BCUT2D eigenvalue weighted by Crippen LogP contribution is 2.22. The molecule has 2 rings (SSSR count). The summed E-state index contributed by atoms with van der Waals surface area (Å²) in [5.74, 6) is -0.213. The number of aryl methyl sites for hydroxylation is 2. The van der Waals surface area contributed by atoms with Crippen LogP contribution in [0.5, 0.6) is 0 Å². The standard InChI is InChI=1S/C17H18ClNO2/c1-11-4-3-5-12(2)17(11)19-16(21)10-15(20)13-6-8-14(18)9-7-13/h3-9,15,20H,10H2,1-2H3,(H,19,21). The Morgan fingerprint density at radius 1 is 1.14 bits per heavy atom. The van der Waals surface area contributed by atoms with Gasteiger partial charge in [0.15, 0.2) is 0 Å². The molecule has 0 spiro atoms. The van der Waals surface area contributed by atoms with Crippen molar-refractivity contribution in [3.8, 4) is 0 Å². The molecular formula is C17H18ClNO2. The molecule has 0 bridgehead atoms. The Balaban J connectivity index is 2.03. The fourth-order valence-electron chi connectivity index (χ4n) is 2.18. The molecule has 3 nitrogen and oxygen atoms in total. The van der Waals surface area contributed by atoms with E-state index in [-0.39, 0.29) is 12.3 Å². The molecule has 2 aromatic rings. The number of para-hydroxylation sites is 1. The van der Waals surface area contributed by atoms with E-state index in [1.165, 1.54) is 0 Å². The van der Waals surface area contributed by atoms with Gasteiger partial charge in [0.25, 0.3) is 0 Å². The second kappa shape index (κ2) is 6.74. The van der Waals surface area contributed by atoms with Crippen molar-refractivity contribution in [1.82, 2.24) is 0 Å². The van der Waals surface area contributed by atoms with Crippen LogP contribution in [-0.4, -0.2) is 11.0 Å². The Bertz CT molecular complexity index is 617. The summed E-state index contributed by atoms with van der Waals surface area (Å²) in [6.07, 6.45) is -0.832. The molecule has 0 aliphatic rings. The van der Waals surface area contributed by atoms with E-state index in [4.69, 9.17) is 11.6 Å². The topological polar surface area (TPSA) is 49.3 Å². The second-order valence-electron chi connectivity index (χ2n) is 5.09. The van der Waals surface area contributed by atoms with Crippen molar-refractivity contribution in [2.75, 3.05) is 5.32 Å². The van der Waals surface area contributed by atoms with E-state index in [0.717, 1.165) is 16.8 Å². The highest BCUT2D eigenvalue weighted by atomic mass is 35.5. The quantitative estimate of drug-likeness (QED) is 0.896. The number of aliphatic hydroxyl groups is 1. The van der Waals surface area contributed by atoms with Gasteiger partial charge >= 0.3 is 0 Å². The molecule has 1 unspecified atom stereocenters. The van der Waals surface area contributed by atoms with Crippen LogP contribution in [0, 0.1) is 13.8 Å². The zero-order valence-corrected chi connectivity index (χ0v) is 12.8. The fraction of sp³-hybridized carbons (Fsp3) is 0.235. The van der Waals surface area contributed by atoms with Crippen molar-refractivity contribution in [1.29, 1.82) is 0 Å². The van der Waals surface area contributed by atoms with Crippen molar-refractivity contribution in [3.63, 3.8) is 0 Å². The lowest BCUT2D eigenvalue weighted by Gasteiger charge is -2.14. The van der Waals surface area contributed by atoms with Crippen molar-refractivity contribution in [3.05, 3.63) is 64.2 Å². The van der Waals surface area contributed by atoms with Gasteiger partial charge in [-0.2, -0.15) is 0 Å². The van der Waals surface area contributed by atoms with Crippen LogP contribution in [0.3, 0.4) is 0 Å². The number of hydrogen-bond acceptors (Lipinski definition) is 2. The molecular weight excluding hydrogens is 286 g/mol. The highest BCUT2D eigenvalue weighted by Gasteiger charge is 2.14. The molecule has 0 aromatic heterocycles. The first-order chi connectivity index (χ1) is 9.97. The molecule has 0 aliphatic carbocycles. The normalized spacial score (nSPS) is 12.0. The van der Waals surface area contributed by atoms with Crippen molar-refractivity contribution in [2.24, 2.45) is 0 Å². The minimum atomic E-state index is -0.841. The molecule has 4 heteroatoms. The lowest BCUT2D eigenvalue weighted by molar-refractivity contribution is -0.118. The Kier molecular flexibility index (Phi) is 4.99. The number of rotatable bonds is 4. The van der Waals surface area contributed by atoms with E-state index in [2.05, 4.69) is 5.32 Å². The minimum absolute atomic E-state index is 0.00933. The maximum atomic E-state index is 12.1. The Morgan fingerprint density at radius 3 is 2.29 bits per heavy atom. The van der Waals surface area contributed by atoms with Gasteiger partial charge in [-0.25, -0.2) is 0 Å². The summed E-state index contributed by atoms with van der Waals surface area (Å²) < 4.78 is 0. The summed E-state index contributed by atoms with van der Waals surface area (Å²) in [6, 6.07) is 12.7. The van der Waals surface area contributed by atoms with Crippen LogP contribution in [0.25, 0.3) is 0 Å². The molecule has 0 aliphatic heterocycles. The number of carbonyl (C=O) groups excluding carboxylic acids is 1. The molecule has 0 heterocycles. The first kappa shape index (κ1) is 15.5. The van der Waals surface area contributed by atoms with E-state index < -0.39 is 6.10 Å². The largest absolute Gasteiger partial charge is 0.388 e. The van der Waals surface area contributed by atoms with Gasteiger partial charge in [-0.15, -0.1) is 0 Å². The number of halogens is 1. The molecule has 2 aromatic carbocycles. The predicted octanol–water partition coefficient (Wildman–Crippen LogP) is 4.02. The average Bonchev–Trinajstić information content (AvgIpc) is 2.43. The number of anilines is 1. The monoisotopic (exact) mass is 303 g/mol. The number of nitrogens with one attached hydrogen (secondary N) is 1. The maximum Gasteiger partial charge on any atom is 0.227 e. The van der Waals surface area contributed by atoms with E-state index in [0.29, 0.717) is 10.6 Å². The van der Waals surface area contributed by atoms with Gasteiger partial charge in [-0.3, -0.25) is 4.79 Å². The SMILES string of the molecule is Cc1cccc(C)c1NC(=O)CC(O)c1ccc(Cl)cc1. The lowest BCUT2D eigenvalue weighted by atomic mass is 10.1. The predicted molar refractivity (Wildman–Crippen MR) is 85.6 cm³/mol. The van der Waals surface area contributed by atoms with Crippen LogP contribution in [0.15, 0.2) is 42.5 Å². The van der Waals surface area contributed by atoms with Crippen LogP contribution in [0.1, 0.15) is 29.2 Å². The van der Waals surface area contributed by atoms with Crippen molar-refractivity contribution < 1.29 is 9.90 Å². The summed E-state index contributed by atoms with van der Waals surface area (Å²) in [5, 5.41) is 13.6.